The number of carbonyl (C=O) groups excluding carboxylic acids is 3. The molecule has 1 aromatic rings. The van der Waals surface area contributed by atoms with Crippen LogP contribution >= 0.6 is 11.8 Å². The van der Waals surface area contributed by atoms with E-state index in [4.69, 9.17) is 4.74 Å². The van der Waals surface area contributed by atoms with Crippen LogP contribution in [0.1, 0.15) is 13.8 Å². The van der Waals surface area contributed by atoms with Crippen LogP contribution in [-0.2, 0) is 14.4 Å². The number of thioether (sulfide) groups is 1. The second-order valence-electron chi connectivity index (χ2n) is 4.96. The Morgan fingerprint density at radius 1 is 1.27 bits per heavy atom. The summed E-state index contributed by atoms with van der Waals surface area (Å²) in [5.41, 5.74) is 0.553. The van der Waals surface area contributed by atoms with Crippen molar-refractivity contribution in [1.29, 1.82) is 0 Å². The average Bonchev–Trinajstić information content (AvgIpc) is 2.50. The number of rotatable bonds is 4. The molecule has 0 radical (unpaired) electrons. The Bertz CT molecular complexity index is 585. The number of hydrogen-bond acceptors (Lipinski definition) is 5. The van der Waals surface area contributed by atoms with Gasteiger partial charge in [-0.05, 0) is 26.0 Å². The van der Waals surface area contributed by atoms with Gasteiger partial charge in [0.15, 0.2) is 0 Å². The Morgan fingerprint density at radius 3 is 2.50 bits per heavy atom. The lowest BCUT2D eigenvalue weighted by Gasteiger charge is -2.31. The largest absolute Gasteiger partial charge is 0.497 e. The fraction of sp³-hybridized carbons (Fsp3) is 0.400. The van der Waals surface area contributed by atoms with Gasteiger partial charge in [-0.25, -0.2) is 0 Å². The summed E-state index contributed by atoms with van der Waals surface area (Å²) in [6, 6.07) is 6.88. The molecule has 2 rings (SSSR count). The zero-order valence-electron chi connectivity index (χ0n) is 12.7. The summed E-state index contributed by atoms with van der Waals surface area (Å²) in [4.78, 5) is 37.2. The number of hydrogen-bond donors (Lipinski definition) is 1. The van der Waals surface area contributed by atoms with E-state index in [0.29, 0.717) is 11.4 Å². The van der Waals surface area contributed by atoms with Crippen molar-refractivity contribution >= 4 is 35.2 Å². The molecule has 1 aromatic carbocycles. The third-order valence-corrected chi connectivity index (χ3v) is 4.51. The minimum absolute atomic E-state index is 0.274. The molecule has 1 aliphatic heterocycles. The second-order valence-corrected chi connectivity index (χ2v) is 6.65. The molecule has 6 nitrogen and oxygen atoms in total. The molecule has 1 heterocycles. The molecule has 0 spiro atoms. The van der Waals surface area contributed by atoms with Gasteiger partial charge in [0, 0.05) is 11.8 Å². The normalized spacial score (nSPS) is 21.7. The number of carbonyl (C=O) groups is 3. The first-order valence-corrected chi connectivity index (χ1v) is 7.81. The molecular weight excluding hydrogens is 304 g/mol. The molecule has 1 saturated heterocycles. The van der Waals surface area contributed by atoms with Crippen LogP contribution < -0.4 is 10.1 Å². The van der Waals surface area contributed by atoms with E-state index >= 15 is 0 Å². The maximum atomic E-state index is 12.1. The summed E-state index contributed by atoms with van der Waals surface area (Å²) in [7, 11) is 1.53. The van der Waals surface area contributed by atoms with Crippen LogP contribution in [0, 0.1) is 0 Å². The van der Waals surface area contributed by atoms with Crippen molar-refractivity contribution in [1.82, 2.24) is 4.90 Å². The Labute approximate surface area is 133 Å². The number of nitrogens with zero attached hydrogens (tertiary/aromatic N) is 1. The monoisotopic (exact) mass is 322 g/mol. The number of ether oxygens (including phenoxy) is 1. The summed E-state index contributed by atoms with van der Waals surface area (Å²) >= 11 is 1.31. The van der Waals surface area contributed by atoms with Crippen molar-refractivity contribution < 1.29 is 19.1 Å². The van der Waals surface area contributed by atoms with E-state index in [2.05, 4.69) is 5.32 Å². The summed E-state index contributed by atoms with van der Waals surface area (Å²) in [6.07, 6.45) is 0. The lowest BCUT2D eigenvalue weighted by atomic mass is 10.2. The fourth-order valence-corrected chi connectivity index (χ4v) is 3.27. The van der Waals surface area contributed by atoms with Gasteiger partial charge < -0.3 is 10.1 Å². The van der Waals surface area contributed by atoms with E-state index in [0.717, 1.165) is 4.90 Å². The third-order valence-electron chi connectivity index (χ3n) is 3.29. The van der Waals surface area contributed by atoms with Gasteiger partial charge in [0.05, 0.1) is 17.6 Å². The van der Waals surface area contributed by atoms with Crippen LogP contribution in [0.15, 0.2) is 24.3 Å². The van der Waals surface area contributed by atoms with E-state index in [9.17, 15) is 14.4 Å². The van der Waals surface area contributed by atoms with Gasteiger partial charge in [-0.2, -0.15) is 0 Å². The molecule has 1 N–H and O–H groups in total. The van der Waals surface area contributed by atoms with Gasteiger partial charge in [0.2, 0.25) is 17.7 Å². The van der Waals surface area contributed by atoms with Crippen molar-refractivity contribution in [3.05, 3.63) is 24.3 Å². The Balaban J connectivity index is 2.04. The van der Waals surface area contributed by atoms with Gasteiger partial charge in [-0.1, -0.05) is 6.07 Å². The van der Waals surface area contributed by atoms with Crippen molar-refractivity contribution in [2.24, 2.45) is 0 Å². The highest BCUT2D eigenvalue weighted by Crippen LogP contribution is 2.26. The first-order chi connectivity index (χ1) is 10.4. The molecule has 1 aliphatic rings. The summed E-state index contributed by atoms with van der Waals surface area (Å²) in [5.74, 6) is -0.453. The lowest BCUT2D eigenvalue weighted by Crippen LogP contribution is -2.52. The molecule has 0 aliphatic carbocycles. The van der Waals surface area contributed by atoms with Crippen LogP contribution in [0.3, 0.4) is 0 Å². The van der Waals surface area contributed by atoms with Gasteiger partial charge >= 0.3 is 0 Å². The molecule has 0 unspecified atom stereocenters. The minimum Gasteiger partial charge on any atom is -0.497 e. The van der Waals surface area contributed by atoms with E-state index in [1.165, 1.54) is 18.9 Å². The summed E-state index contributed by atoms with van der Waals surface area (Å²) in [6.45, 7) is 3.20. The van der Waals surface area contributed by atoms with E-state index in [1.807, 2.05) is 0 Å². The standard InChI is InChI=1S/C15H18N2O4S/c1-9-14(19)17(15(20)10(2)22-9)8-13(18)16-11-5-4-6-12(7-11)21-3/h4-7,9-10H,8H2,1-3H3,(H,16,18)/t9-,10+. The molecule has 22 heavy (non-hydrogen) atoms. The number of amides is 3. The van der Waals surface area contributed by atoms with Gasteiger partial charge in [0.1, 0.15) is 12.3 Å². The van der Waals surface area contributed by atoms with Gasteiger partial charge in [0.25, 0.3) is 0 Å². The van der Waals surface area contributed by atoms with Crippen molar-refractivity contribution in [2.45, 2.75) is 24.3 Å². The number of methoxy groups -OCH3 is 1. The quantitative estimate of drug-likeness (QED) is 0.851. The van der Waals surface area contributed by atoms with Crippen molar-refractivity contribution in [3.8, 4) is 5.75 Å². The Kier molecular flexibility index (Phi) is 5.07. The van der Waals surface area contributed by atoms with Crippen LogP contribution in [-0.4, -0.2) is 46.8 Å². The zero-order chi connectivity index (χ0) is 16.3. The first-order valence-electron chi connectivity index (χ1n) is 6.87. The van der Waals surface area contributed by atoms with Crippen LogP contribution in [0.25, 0.3) is 0 Å². The van der Waals surface area contributed by atoms with Gasteiger partial charge in [-0.3, -0.25) is 19.3 Å². The minimum atomic E-state index is -0.416. The molecule has 7 heteroatoms. The maximum Gasteiger partial charge on any atom is 0.244 e. The molecule has 3 amide bonds. The highest BCUT2D eigenvalue weighted by atomic mass is 32.2. The SMILES string of the molecule is COc1cccc(NC(=O)CN2C(=O)[C@H](C)S[C@H](C)C2=O)c1. The maximum absolute atomic E-state index is 12.1. The van der Waals surface area contributed by atoms with Crippen LogP contribution in [0.4, 0.5) is 5.69 Å². The van der Waals surface area contributed by atoms with Crippen LogP contribution in [0.5, 0.6) is 5.75 Å². The fourth-order valence-electron chi connectivity index (χ4n) is 2.17. The Hall–Kier alpha value is -2.02. The van der Waals surface area contributed by atoms with Crippen molar-refractivity contribution in [3.63, 3.8) is 0 Å². The zero-order valence-corrected chi connectivity index (χ0v) is 13.5. The summed E-state index contributed by atoms with van der Waals surface area (Å²) in [5, 5.41) is 2.02. The topological polar surface area (TPSA) is 75.7 Å². The molecule has 2 atom stereocenters. The van der Waals surface area contributed by atoms with E-state index < -0.39 is 5.91 Å². The molecule has 0 saturated carbocycles. The average molecular weight is 322 g/mol. The molecule has 1 fully saturated rings. The number of nitrogens with one attached hydrogen (secondary N) is 1. The third kappa shape index (κ3) is 3.59. The lowest BCUT2D eigenvalue weighted by molar-refractivity contribution is -0.147. The molecule has 0 bridgehead atoms. The second kappa shape index (κ2) is 6.83. The smallest absolute Gasteiger partial charge is 0.244 e. The Morgan fingerprint density at radius 2 is 1.91 bits per heavy atom. The van der Waals surface area contributed by atoms with Crippen molar-refractivity contribution in [2.75, 3.05) is 19.0 Å². The first kappa shape index (κ1) is 16.4. The van der Waals surface area contributed by atoms with Crippen LogP contribution in [0.2, 0.25) is 0 Å². The summed E-state index contributed by atoms with van der Waals surface area (Å²) < 4.78 is 5.08. The van der Waals surface area contributed by atoms with Gasteiger partial charge in [-0.15, -0.1) is 11.8 Å². The predicted octanol–water partition coefficient (Wildman–Crippen LogP) is 1.51. The number of anilines is 1. The molecule has 118 valence electrons. The number of benzene rings is 1. The molecule has 0 aromatic heterocycles. The highest BCUT2D eigenvalue weighted by molar-refractivity contribution is 8.02. The van der Waals surface area contributed by atoms with E-state index in [-0.39, 0.29) is 28.9 Å². The highest BCUT2D eigenvalue weighted by Gasteiger charge is 2.37. The van der Waals surface area contributed by atoms with E-state index in [1.54, 1.807) is 38.1 Å². The predicted molar refractivity (Wildman–Crippen MR) is 84.9 cm³/mol. The number of imide groups is 1. The molecular formula is C15H18N2O4S.